The van der Waals surface area contributed by atoms with E-state index in [1.165, 1.54) is 6.07 Å². The molecule has 188 valence electrons. The maximum Gasteiger partial charge on any atom is 0.416 e. The van der Waals surface area contributed by atoms with E-state index in [2.05, 4.69) is 40.0 Å². The first-order valence-corrected chi connectivity index (χ1v) is 15.1. The Kier molecular flexibility index (Phi) is 7.15. The van der Waals surface area contributed by atoms with Gasteiger partial charge < -0.3 is 15.2 Å². The van der Waals surface area contributed by atoms with Crippen LogP contribution in [0.15, 0.2) is 36.7 Å². The Balaban J connectivity index is 1.78. The maximum absolute atomic E-state index is 13.4. The molecule has 4 aromatic rings. The first-order valence-electron chi connectivity index (χ1n) is 11.4. The Labute approximate surface area is 201 Å². The largest absolute Gasteiger partial charge is 0.416 e. The number of rotatable bonds is 10. The zero-order valence-electron chi connectivity index (χ0n) is 19.9. The fraction of sp³-hybridized carbons (Fsp3) is 0.435. The van der Waals surface area contributed by atoms with Crippen LogP contribution in [0.4, 0.5) is 19.0 Å². The lowest BCUT2D eigenvalue weighted by molar-refractivity contribution is -0.137. The third kappa shape index (κ3) is 5.65. The number of hydrogen-bond acceptors (Lipinski definition) is 6. The Morgan fingerprint density at radius 2 is 1.94 bits per heavy atom. The number of hydrogen-bond donors (Lipinski definition) is 2. The quantitative estimate of drug-likeness (QED) is 0.236. The van der Waals surface area contributed by atoms with Crippen LogP contribution in [-0.2, 0) is 17.6 Å². The summed E-state index contributed by atoms with van der Waals surface area (Å²) in [6.07, 6.45) is -0.717. The van der Waals surface area contributed by atoms with Crippen molar-refractivity contribution in [3.05, 3.63) is 42.2 Å². The van der Waals surface area contributed by atoms with E-state index in [-0.39, 0.29) is 18.9 Å². The molecule has 0 aliphatic heterocycles. The molecule has 12 heteroatoms. The number of fused-ring (bicyclic) bond motifs is 3. The molecule has 0 amide bonds. The summed E-state index contributed by atoms with van der Waals surface area (Å²) in [5.41, 5.74) is 1.73. The standard InChI is InChI=1S/C23H29F3N6O2Si/c1-35(2,3)12-11-34-15-31-19(7-9-29-31)20-14-28-22-21(27-8-4-10-33)30-17-13-16(23(24,25)26)5-6-18(17)32(20)22/h5-7,9,13-14,33H,4,8,10-12,15H2,1-3H3,(H,27,30). The molecule has 0 saturated heterocycles. The summed E-state index contributed by atoms with van der Waals surface area (Å²) in [6, 6.07) is 6.34. The van der Waals surface area contributed by atoms with Gasteiger partial charge in [0.2, 0.25) is 0 Å². The maximum atomic E-state index is 13.4. The summed E-state index contributed by atoms with van der Waals surface area (Å²) in [4.78, 5) is 8.95. The molecule has 0 radical (unpaired) electrons. The summed E-state index contributed by atoms with van der Waals surface area (Å²) >= 11 is 0. The number of nitrogens with zero attached hydrogens (tertiary/aromatic N) is 5. The lowest BCUT2D eigenvalue weighted by atomic mass is 10.2. The van der Waals surface area contributed by atoms with Gasteiger partial charge in [-0.3, -0.25) is 4.40 Å². The van der Waals surface area contributed by atoms with Crippen LogP contribution in [0.1, 0.15) is 12.0 Å². The van der Waals surface area contributed by atoms with E-state index >= 15 is 0 Å². The van der Waals surface area contributed by atoms with E-state index < -0.39 is 19.8 Å². The van der Waals surface area contributed by atoms with Crippen LogP contribution < -0.4 is 5.32 Å². The van der Waals surface area contributed by atoms with Crippen molar-refractivity contribution in [3.63, 3.8) is 0 Å². The molecule has 0 atom stereocenters. The summed E-state index contributed by atoms with van der Waals surface area (Å²) in [5, 5.41) is 16.6. The zero-order valence-corrected chi connectivity index (χ0v) is 20.9. The molecule has 35 heavy (non-hydrogen) atoms. The van der Waals surface area contributed by atoms with Crippen LogP contribution in [0.5, 0.6) is 0 Å². The third-order valence-electron chi connectivity index (χ3n) is 5.57. The van der Waals surface area contributed by atoms with Crippen molar-refractivity contribution in [2.24, 2.45) is 0 Å². The highest BCUT2D eigenvalue weighted by Gasteiger charge is 2.31. The molecule has 8 nitrogen and oxygen atoms in total. The molecular formula is C23H29F3N6O2Si. The molecule has 0 saturated carbocycles. The number of anilines is 1. The van der Waals surface area contributed by atoms with Gasteiger partial charge in [-0.2, -0.15) is 18.3 Å². The van der Waals surface area contributed by atoms with Crippen molar-refractivity contribution >= 4 is 30.6 Å². The minimum Gasteiger partial charge on any atom is -0.396 e. The molecule has 1 aromatic carbocycles. The fourth-order valence-electron chi connectivity index (χ4n) is 3.68. The van der Waals surface area contributed by atoms with Crippen LogP contribution in [0.2, 0.25) is 25.7 Å². The highest BCUT2D eigenvalue weighted by Crippen LogP contribution is 2.34. The van der Waals surface area contributed by atoms with Gasteiger partial charge >= 0.3 is 6.18 Å². The van der Waals surface area contributed by atoms with Crippen LogP contribution in [0.3, 0.4) is 0 Å². The second-order valence-electron chi connectivity index (χ2n) is 9.53. The van der Waals surface area contributed by atoms with Crippen molar-refractivity contribution in [2.45, 2.75) is 45.0 Å². The summed E-state index contributed by atoms with van der Waals surface area (Å²) in [5.74, 6) is 0.342. The SMILES string of the molecule is C[Si](C)(C)CCOCn1nccc1-c1cnc2c(NCCCO)nc3cc(C(F)(F)F)ccc3n12. The van der Waals surface area contributed by atoms with Crippen LogP contribution in [-0.4, -0.2) is 57.1 Å². The predicted molar refractivity (Wildman–Crippen MR) is 131 cm³/mol. The van der Waals surface area contributed by atoms with Gasteiger partial charge in [0.15, 0.2) is 11.5 Å². The van der Waals surface area contributed by atoms with Gasteiger partial charge in [0, 0.05) is 34.0 Å². The predicted octanol–water partition coefficient (Wildman–Crippen LogP) is 4.87. The van der Waals surface area contributed by atoms with Gasteiger partial charge in [-0.15, -0.1) is 0 Å². The molecule has 0 aliphatic carbocycles. The first-order chi connectivity index (χ1) is 16.6. The molecule has 3 aromatic heterocycles. The van der Waals surface area contributed by atoms with E-state index in [1.807, 2.05) is 6.07 Å². The zero-order chi connectivity index (χ0) is 25.2. The second kappa shape index (κ2) is 9.95. The monoisotopic (exact) mass is 506 g/mol. The normalized spacial score (nSPS) is 12.7. The van der Waals surface area contributed by atoms with Gasteiger partial charge in [-0.1, -0.05) is 19.6 Å². The van der Waals surface area contributed by atoms with Crippen molar-refractivity contribution in [1.82, 2.24) is 24.1 Å². The van der Waals surface area contributed by atoms with Gasteiger partial charge in [0.05, 0.1) is 34.2 Å². The highest BCUT2D eigenvalue weighted by atomic mass is 28.3. The molecule has 4 rings (SSSR count). The molecule has 0 spiro atoms. The van der Waals surface area contributed by atoms with Gasteiger partial charge in [-0.05, 0) is 36.7 Å². The van der Waals surface area contributed by atoms with E-state index in [0.717, 1.165) is 23.9 Å². The van der Waals surface area contributed by atoms with E-state index in [1.54, 1.807) is 21.5 Å². The van der Waals surface area contributed by atoms with Crippen LogP contribution in [0, 0.1) is 0 Å². The first kappa shape index (κ1) is 25.1. The Bertz CT molecular complexity index is 1310. The Morgan fingerprint density at radius 1 is 1.14 bits per heavy atom. The minimum atomic E-state index is -4.49. The number of imidazole rings is 1. The number of aliphatic hydroxyl groups is 1. The van der Waals surface area contributed by atoms with Crippen molar-refractivity contribution in [2.75, 3.05) is 25.1 Å². The smallest absolute Gasteiger partial charge is 0.396 e. The molecule has 0 bridgehead atoms. The summed E-state index contributed by atoms with van der Waals surface area (Å²) in [7, 11) is -1.23. The molecule has 0 aliphatic rings. The molecule has 2 N–H and O–H groups in total. The van der Waals surface area contributed by atoms with Gasteiger partial charge in [0.1, 0.15) is 6.73 Å². The van der Waals surface area contributed by atoms with Crippen LogP contribution in [0.25, 0.3) is 28.1 Å². The molecule has 0 fully saturated rings. The average molecular weight is 507 g/mol. The molecule has 3 heterocycles. The number of halogens is 3. The van der Waals surface area contributed by atoms with Crippen LogP contribution >= 0.6 is 0 Å². The summed E-state index contributed by atoms with van der Waals surface area (Å²) < 4.78 is 49.5. The minimum absolute atomic E-state index is 0.0222. The lowest BCUT2D eigenvalue weighted by Crippen LogP contribution is -2.22. The van der Waals surface area contributed by atoms with E-state index in [4.69, 9.17) is 9.84 Å². The number of ether oxygens (including phenoxy) is 1. The Hall–Kier alpha value is -2.96. The highest BCUT2D eigenvalue weighted by molar-refractivity contribution is 6.76. The summed E-state index contributed by atoms with van der Waals surface area (Å²) in [6.45, 7) is 8.11. The lowest BCUT2D eigenvalue weighted by Gasteiger charge is -2.16. The number of aliphatic hydroxyl groups excluding tert-OH is 1. The number of alkyl halides is 3. The molecular weight excluding hydrogens is 477 g/mol. The van der Waals surface area contributed by atoms with Crippen molar-refractivity contribution < 1.29 is 23.0 Å². The second-order valence-corrected chi connectivity index (χ2v) is 15.2. The average Bonchev–Trinajstić information content (AvgIpc) is 3.42. The fourth-order valence-corrected chi connectivity index (χ4v) is 4.44. The van der Waals surface area contributed by atoms with E-state index in [0.29, 0.717) is 42.2 Å². The third-order valence-corrected chi connectivity index (χ3v) is 7.27. The van der Waals surface area contributed by atoms with E-state index in [9.17, 15) is 13.2 Å². The van der Waals surface area contributed by atoms with Crippen molar-refractivity contribution in [3.8, 4) is 11.4 Å². The number of aromatic nitrogens is 5. The molecule has 0 unspecified atom stereocenters. The van der Waals surface area contributed by atoms with Gasteiger partial charge in [-0.25, -0.2) is 14.6 Å². The topological polar surface area (TPSA) is 89.5 Å². The van der Waals surface area contributed by atoms with Crippen molar-refractivity contribution in [1.29, 1.82) is 0 Å². The number of nitrogens with one attached hydrogen (secondary N) is 1. The van der Waals surface area contributed by atoms with Gasteiger partial charge in [0.25, 0.3) is 0 Å². The number of benzene rings is 1. The Morgan fingerprint density at radius 3 is 2.66 bits per heavy atom.